The van der Waals surface area contributed by atoms with Crippen LogP contribution in [0.5, 0.6) is 0 Å². The number of nitrogens with one attached hydrogen (secondary N) is 2. The van der Waals surface area contributed by atoms with Crippen LogP contribution in [-0.2, 0) is 0 Å². The highest BCUT2D eigenvalue weighted by molar-refractivity contribution is 5.44. The highest BCUT2D eigenvalue weighted by atomic mass is 15.4. The van der Waals surface area contributed by atoms with Crippen molar-refractivity contribution in [3.05, 3.63) is 23.8 Å². The molecule has 2 atom stereocenters. The zero-order valence-electron chi connectivity index (χ0n) is 5.72. The Labute approximate surface area is 60.0 Å². The first-order valence-corrected chi connectivity index (χ1v) is 3.80. The predicted octanol–water partition coefficient (Wildman–Crippen LogP) is 0.349. The first kappa shape index (κ1) is 5.10. The van der Waals surface area contributed by atoms with Gasteiger partial charge < -0.3 is 0 Å². The zero-order chi connectivity index (χ0) is 6.60. The molecule has 2 N–H and O–H groups in total. The van der Waals surface area contributed by atoms with E-state index in [0.717, 1.165) is 12.5 Å². The van der Waals surface area contributed by atoms with Crippen molar-refractivity contribution in [1.29, 1.82) is 0 Å². The molecule has 2 heteroatoms. The Bertz CT molecular complexity index is 242. The third-order valence-corrected chi connectivity index (χ3v) is 2.82. The Balaban J connectivity index is 2.12. The second-order valence-electron chi connectivity index (χ2n) is 3.34. The number of hydrogen-bond donors (Lipinski definition) is 2. The normalized spacial score (nSPS) is 48.0. The molecule has 0 amide bonds. The number of hydrogen-bond acceptors (Lipinski definition) is 2. The van der Waals surface area contributed by atoms with Crippen LogP contribution < -0.4 is 10.9 Å². The molecule has 1 aliphatic heterocycles. The summed E-state index contributed by atoms with van der Waals surface area (Å²) in [5.41, 5.74) is 8.44. The number of rotatable bonds is 0. The topological polar surface area (TPSA) is 24.1 Å². The molecular weight excluding hydrogens is 124 g/mol. The standard InChI is InChI=1S/C8H10N2/c1-2-6-4-8(6)7(3-1)5-9-10-8/h1-3,6,9-10H,4-5H2. The van der Waals surface area contributed by atoms with Gasteiger partial charge in [-0.3, -0.25) is 5.43 Å². The highest BCUT2D eigenvalue weighted by Crippen LogP contribution is 2.52. The van der Waals surface area contributed by atoms with Crippen LogP contribution >= 0.6 is 0 Å². The molecular formula is C8H10N2. The van der Waals surface area contributed by atoms with Gasteiger partial charge in [0.25, 0.3) is 0 Å². The maximum absolute atomic E-state index is 3.34. The molecule has 10 heavy (non-hydrogen) atoms. The van der Waals surface area contributed by atoms with E-state index in [4.69, 9.17) is 0 Å². The summed E-state index contributed by atoms with van der Waals surface area (Å²) < 4.78 is 0. The van der Waals surface area contributed by atoms with Crippen LogP contribution in [0.1, 0.15) is 6.42 Å². The van der Waals surface area contributed by atoms with Crippen molar-refractivity contribution in [1.82, 2.24) is 10.9 Å². The van der Waals surface area contributed by atoms with Gasteiger partial charge in [-0.2, -0.15) is 0 Å². The van der Waals surface area contributed by atoms with Gasteiger partial charge in [-0.15, -0.1) is 0 Å². The van der Waals surface area contributed by atoms with Gasteiger partial charge in [0.05, 0.1) is 5.54 Å². The van der Waals surface area contributed by atoms with Crippen LogP contribution in [0, 0.1) is 5.92 Å². The van der Waals surface area contributed by atoms with E-state index in [1.165, 1.54) is 6.42 Å². The van der Waals surface area contributed by atoms with Crippen LogP contribution in [0.15, 0.2) is 23.8 Å². The summed E-state index contributed by atoms with van der Waals surface area (Å²) >= 11 is 0. The summed E-state index contributed by atoms with van der Waals surface area (Å²) in [7, 11) is 0. The van der Waals surface area contributed by atoms with Crippen LogP contribution in [0.2, 0.25) is 0 Å². The van der Waals surface area contributed by atoms with Crippen molar-refractivity contribution in [3.8, 4) is 0 Å². The van der Waals surface area contributed by atoms with E-state index in [-0.39, 0.29) is 0 Å². The molecule has 3 aliphatic rings. The molecule has 1 heterocycles. The van der Waals surface area contributed by atoms with E-state index < -0.39 is 0 Å². The third kappa shape index (κ3) is 0.404. The van der Waals surface area contributed by atoms with Crippen molar-refractivity contribution in [2.45, 2.75) is 12.0 Å². The van der Waals surface area contributed by atoms with Crippen molar-refractivity contribution in [3.63, 3.8) is 0 Å². The predicted molar refractivity (Wildman–Crippen MR) is 39.2 cm³/mol. The van der Waals surface area contributed by atoms with Crippen molar-refractivity contribution in [2.75, 3.05) is 6.54 Å². The summed E-state index contributed by atoms with van der Waals surface area (Å²) in [6, 6.07) is 0. The fraction of sp³-hybridized carbons (Fsp3) is 0.500. The third-order valence-electron chi connectivity index (χ3n) is 2.82. The first-order valence-electron chi connectivity index (χ1n) is 3.80. The smallest absolute Gasteiger partial charge is 0.0617 e. The van der Waals surface area contributed by atoms with E-state index in [0.29, 0.717) is 5.54 Å². The Kier molecular flexibility index (Phi) is 0.693. The lowest BCUT2D eigenvalue weighted by molar-refractivity contribution is 0.551. The molecule has 0 aromatic rings. The summed E-state index contributed by atoms with van der Waals surface area (Å²) in [4.78, 5) is 0. The van der Waals surface area contributed by atoms with Crippen molar-refractivity contribution >= 4 is 0 Å². The molecule has 3 rings (SSSR count). The minimum absolute atomic E-state index is 0.370. The van der Waals surface area contributed by atoms with E-state index in [1.54, 1.807) is 5.57 Å². The van der Waals surface area contributed by atoms with Gasteiger partial charge in [0.1, 0.15) is 0 Å². The second kappa shape index (κ2) is 1.36. The van der Waals surface area contributed by atoms with E-state index in [2.05, 4.69) is 29.1 Å². The van der Waals surface area contributed by atoms with Gasteiger partial charge in [0.2, 0.25) is 0 Å². The second-order valence-corrected chi connectivity index (χ2v) is 3.34. The largest absolute Gasteiger partial charge is 0.253 e. The van der Waals surface area contributed by atoms with Crippen molar-refractivity contribution in [2.24, 2.45) is 5.92 Å². The average molecular weight is 134 g/mol. The Morgan fingerprint density at radius 1 is 1.60 bits per heavy atom. The van der Waals surface area contributed by atoms with Gasteiger partial charge in [-0.25, -0.2) is 5.43 Å². The molecule has 2 fully saturated rings. The fourth-order valence-corrected chi connectivity index (χ4v) is 2.08. The lowest BCUT2D eigenvalue weighted by Crippen LogP contribution is -2.33. The summed E-state index contributed by atoms with van der Waals surface area (Å²) in [5, 5.41) is 0. The average Bonchev–Trinajstić information content (AvgIpc) is 2.51. The number of allylic oxidation sites excluding steroid dienone is 2. The molecule has 1 saturated heterocycles. The van der Waals surface area contributed by atoms with Gasteiger partial charge >= 0.3 is 0 Å². The molecule has 1 spiro atoms. The van der Waals surface area contributed by atoms with Gasteiger partial charge in [0.15, 0.2) is 0 Å². The Morgan fingerprint density at radius 3 is 3.50 bits per heavy atom. The molecule has 0 aromatic heterocycles. The fourth-order valence-electron chi connectivity index (χ4n) is 2.08. The van der Waals surface area contributed by atoms with Crippen LogP contribution in [0.3, 0.4) is 0 Å². The zero-order valence-corrected chi connectivity index (χ0v) is 5.72. The molecule has 2 unspecified atom stereocenters. The summed E-state index contributed by atoms with van der Waals surface area (Å²) in [6.45, 7) is 1.03. The molecule has 2 aliphatic carbocycles. The Hall–Kier alpha value is -0.600. The van der Waals surface area contributed by atoms with Gasteiger partial charge in [-0.1, -0.05) is 18.2 Å². The monoisotopic (exact) mass is 134 g/mol. The van der Waals surface area contributed by atoms with Gasteiger partial charge in [-0.05, 0) is 12.0 Å². The molecule has 1 saturated carbocycles. The van der Waals surface area contributed by atoms with Crippen LogP contribution in [0.4, 0.5) is 0 Å². The minimum atomic E-state index is 0.370. The maximum atomic E-state index is 3.34. The minimum Gasteiger partial charge on any atom is -0.253 e. The summed E-state index contributed by atoms with van der Waals surface area (Å²) in [5.74, 6) is 0.780. The number of hydrazine groups is 1. The SMILES string of the molecule is C1=CC2CC23NNCC3=C1. The van der Waals surface area contributed by atoms with Crippen LogP contribution in [0.25, 0.3) is 0 Å². The molecule has 0 radical (unpaired) electrons. The quantitative estimate of drug-likeness (QED) is 0.499. The lowest BCUT2D eigenvalue weighted by Gasteiger charge is -2.11. The maximum Gasteiger partial charge on any atom is 0.0617 e. The van der Waals surface area contributed by atoms with E-state index >= 15 is 0 Å². The Morgan fingerprint density at radius 2 is 2.60 bits per heavy atom. The lowest BCUT2D eigenvalue weighted by atomic mass is 10.0. The molecule has 0 aromatic carbocycles. The summed E-state index contributed by atoms with van der Waals surface area (Å²) in [6.07, 6.45) is 8.00. The van der Waals surface area contributed by atoms with Gasteiger partial charge in [0, 0.05) is 12.5 Å². The molecule has 0 bridgehead atoms. The highest BCUT2D eigenvalue weighted by Gasteiger charge is 2.58. The van der Waals surface area contributed by atoms with E-state index in [1.807, 2.05) is 0 Å². The molecule has 52 valence electrons. The van der Waals surface area contributed by atoms with Crippen molar-refractivity contribution < 1.29 is 0 Å². The first-order chi connectivity index (χ1) is 4.92. The van der Waals surface area contributed by atoms with Crippen LogP contribution in [-0.4, -0.2) is 12.1 Å². The molecule has 2 nitrogen and oxygen atoms in total. The van der Waals surface area contributed by atoms with E-state index in [9.17, 15) is 0 Å².